The molecule has 1 aliphatic rings. The first-order valence-electron chi connectivity index (χ1n) is 9.32. The number of sulfonamides is 1. The number of fused-ring (bicyclic) bond motifs is 1. The molecule has 0 aliphatic carbocycles. The summed E-state index contributed by atoms with van der Waals surface area (Å²) in [6.45, 7) is 7.35. The van der Waals surface area contributed by atoms with Crippen LogP contribution in [0.2, 0.25) is 0 Å². The molecule has 2 aromatic rings. The van der Waals surface area contributed by atoms with Crippen molar-refractivity contribution in [1.29, 1.82) is 0 Å². The van der Waals surface area contributed by atoms with Crippen LogP contribution in [0, 0.1) is 0 Å². The number of carbonyl (C=O) groups is 2. The van der Waals surface area contributed by atoms with Crippen LogP contribution in [0.3, 0.4) is 0 Å². The van der Waals surface area contributed by atoms with E-state index in [0.717, 1.165) is 24.1 Å². The van der Waals surface area contributed by atoms with Crippen LogP contribution >= 0.6 is 0 Å². The summed E-state index contributed by atoms with van der Waals surface area (Å²) in [7, 11) is -3.86. The smallest absolute Gasteiger partial charge is 0.291 e. The third kappa shape index (κ3) is 4.86. The normalized spacial score (nSPS) is 14.4. The number of benzene rings is 1. The van der Waals surface area contributed by atoms with Gasteiger partial charge in [0.1, 0.15) is 0 Å². The first-order chi connectivity index (χ1) is 13.5. The lowest BCUT2D eigenvalue weighted by Crippen LogP contribution is -2.40. The largest absolute Gasteiger partial charge is 0.438 e. The minimum atomic E-state index is -3.86. The lowest BCUT2D eigenvalue weighted by Gasteiger charge is -2.28. The first kappa shape index (κ1) is 21.1. The fraction of sp³-hybridized carbons (Fsp3) is 0.400. The minimum Gasteiger partial charge on any atom is -0.438 e. The summed E-state index contributed by atoms with van der Waals surface area (Å²) in [5.74, 6) is -0.681. The molecule has 1 aliphatic heterocycles. The Balaban J connectivity index is 1.77. The summed E-state index contributed by atoms with van der Waals surface area (Å²) in [5, 5.41) is 2.39. The van der Waals surface area contributed by atoms with Crippen molar-refractivity contribution < 1.29 is 22.4 Å². The third-order valence-corrected chi connectivity index (χ3v) is 5.98. The molecule has 0 spiro atoms. The zero-order valence-corrected chi connectivity index (χ0v) is 17.7. The highest BCUT2D eigenvalue weighted by molar-refractivity contribution is 7.89. The molecule has 1 aromatic carbocycles. The molecule has 156 valence electrons. The third-order valence-electron chi connectivity index (χ3n) is 4.35. The molecule has 0 radical (unpaired) electrons. The maximum Gasteiger partial charge on any atom is 0.291 e. The maximum absolute atomic E-state index is 12.5. The predicted molar refractivity (Wildman–Crippen MR) is 110 cm³/mol. The highest BCUT2D eigenvalue weighted by Gasteiger charge is 2.26. The number of nitrogens with one attached hydrogen (secondary N) is 2. The molecule has 0 unspecified atom stereocenters. The number of carbonyl (C=O) groups excluding carboxylic acids is 2. The maximum atomic E-state index is 12.5. The Hall–Kier alpha value is -2.65. The predicted octanol–water partition coefficient (Wildman–Crippen LogP) is 2.91. The standard InChI is InChI=1S/C20H25N3O5S/c1-13(24)23-11-5-6-14-12-15(7-8-16(14)23)21-19(25)17-9-10-18(28-17)29(26,27)22-20(2,3)4/h7-10,12,22H,5-6,11H2,1-4H3,(H,21,25). The molecule has 0 bridgehead atoms. The second kappa shape index (κ2) is 7.64. The monoisotopic (exact) mass is 419 g/mol. The van der Waals surface area contributed by atoms with Gasteiger partial charge in [0.15, 0.2) is 5.76 Å². The lowest BCUT2D eigenvalue weighted by molar-refractivity contribution is -0.116. The Morgan fingerprint density at radius 1 is 1.14 bits per heavy atom. The van der Waals surface area contributed by atoms with Gasteiger partial charge in [0.2, 0.25) is 11.0 Å². The number of hydrogen-bond acceptors (Lipinski definition) is 5. The molecule has 9 heteroatoms. The molecule has 1 aromatic heterocycles. The molecule has 0 saturated heterocycles. The van der Waals surface area contributed by atoms with Crippen LogP contribution in [-0.2, 0) is 21.2 Å². The molecule has 0 fully saturated rings. The molecule has 0 atom stereocenters. The first-order valence-corrected chi connectivity index (χ1v) is 10.8. The van der Waals surface area contributed by atoms with Crippen molar-refractivity contribution in [2.45, 2.75) is 51.2 Å². The Bertz CT molecular complexity index is 1050. The van der Waals surface area contributed by atoms with Crippen LogP contribution in [-0.4, -0.2) is 32.3 Å². The van der Waals surface area contributed by atoms with Gasteiger partial charge in [-0.3, -0.25) is 9.59 Å². The fourth-order valence-electron chi connectivity index (χ4n) is 3.23. The molecule has 2 amide bonds. The average Bonchev–Trinajstić information content (AvgIpc) is 3.10. The van der Waals surface area contributed by atoms with Crippen LogP contribution in [0.1, 0.15) is 50.2 Å². The molecular formula is C20H25N3O5S. The molecular weight excluding hydrogens is 394 g/mol. The highest BCUT2D eigenvalue weighted by Crippen LogP contribution is 2.30. The zero-order valence-electron chi connectivity index (χ0n) is 16.9. The second-order valence-electron chi connectivity index (χ2n) is 8.05. The van der Waals surface area contributed by atoms with Gasteiger partial charge in [-0.05, 0) is 69.5 Å². The van der Waals surface area contributed by atoms with Gasteiger partial charge in [0, 0.05) is 30.4 Å². The number of aryl methyl sites for hydroxylation is 1. The van der Waals surface area contributed by atoms with Crippen molar-refractivity contribution in [1.82, 2.24) is 4.72 Å². The Morgan fingerprint density at radius 2 is 1.86 bits per heavy atom. The van der Waals surface area contributed by atoms with E-state index in [4.69, 9.17) is 4.42 Å². The van der Waals surface area contributed by atoms with Gasteiger partial charge in [-0.1, -0.05) is 0 Å². The van der Waals surface area contributed by atoms with Crippen LogP contribution in [0.5, 0.6) is 0 Å². The molecule has 8 nitrogen and oxygen atoms in total. The van der Waals surface area contributed by atoms with Crippen molar-refractivity contribution in [2.75, 3.05) is 16.8 Å². The number of furan rings is 1. The van der Waals surface area contributed by atoms with Crippen LogP contribution in [0.4, 0.5) is 11.4 Å². The SMILES string of the molecule is CC(=O)N1CCCc2cc(NC(=O)c3ccc(S(=O)(=O)NC(C)(C)C)o3)ccc21. The molecule has 2 N–H and O–H groups in total. The van der Waals surface area contributed by atoms with Gasteiger partial charge < -0.3 is 14.6 Å². The topological polar surface area (TPSA) is 109 Å². The summed E-state index contributed by atoms with van der Waals surface area (Å²) in [6.07, 6.45) is 1.66. The fourth-order valence-corrected chi connectivity index (χ4v) is 4.59. The number of amides is 2. The lowest BCUT2D eigenvalue weighted by atomic mass is 10.0. The second-order valence-corrected chi connectivity index (χ2v) is 9.66. The van der Waals surface area contributed by atoms with E-state index in [9.17, 15) is 18.0 Å². The van der Waals surface area contributed by atoms with E-state index in [0.29, 0.717) is 12.2 Å². The van der Waals surface area contributed by atoms with E-state index < -0.39 is 21.5 Å². The van der Waals surface area contributed by atoms with Gasteiger partial charge in [-0.25, -0.2) is 13.1 Å². The quantitative estimate of drug-likeness (QED) is 0.792. The van der Waals surface area contributed by atoms with Crippen molar-refractivity contribution >= 4 is 33.2 Å². The Kier molecular flexibility index (Phi) is 5.55. The number of rotatable bonds is 4. The van der Waals surface area contributed by atoms with Crippen LogP contribution in [0.25, 0.3) is 0 Å². The molecule has 0 saturated carbocycles. The Labute approximate surface area is 170 Å². The Morgan fingerprint density at radius 3 is 2.52 bits per heavy atom. The van der Waals surface area contributed by atoms with Gasteiger partial charge in [-0.15, -0.1) is 0 Å². The van der Waals surface area contributed by atoms with E-state index in [-0.39, 0.29) is 16.8 Å². The number of nitrogens with zero attached hydrogens (tertiary/aromatic N) is 1. The van der Waals surface area contributed by atoms with Gasteiger partial charge in [-0.2, -0.15) is 0 Å². The van der Waals surface area contributed by atoms with Gasteiger partial charge >= 0.3 is 0 Å². The molecule has 2 heterocycles. The van der Waals surface area contributed by atoms with E-state index in [2.05, 4.69) is 10.0 Å². The van der Waals surface area contributed by atoms with Gasteiger partial charge in [0.25, 0.3) is 15.9 Å². The zero-order chi connectivity index (χ0) is 21.4. The van der Waals surface area contributed by atoms with Crippen LogP contribution in [0.15, 0.2) is 39.8 Å². The average molecular weight is 420 g/mol. The van der Waals surface area contributed by atoms with Crippen molar-refractivity contribution in [3.05, 3.63) is 41.7 Å². The summed E-state index contributed by atoms with van der Waals surface area (Å²) >= 11 is 0. The van der Waals surface area contributed by atoms with E-state index in [1.165, 1.54) is 19.1 Å². The molecule has 29 heavy (non-hydrogen) atoms. The van der Waals surface area contributed by atoms with E-state index in [1.54, 1.807) is 37.8 Å². The summed E-state index contributed by atoms with van der Waals surface area (Å²) in [6, 6.07) is 7.91. The summed E-state index contributed by atoms with van der Waals surface area (Å²) in [5.41, 5.74) is 1.70. The van der Waals surface area contributed by atoms with E-state index in [1.807, 2.05) is 6.07 Å². The van der Waals surface area contributed by atoms with Crippen molar-refractivity contribution in [2.24, 2.45) is 0 Å². The summed E-state index contributed by atoms with van der Waals surface area (Å²) < 4.78 is 32.4. The number of anilines is 2. The summed E-state index contributed by atoms with van der Waals surface area (Å²) in [4.78, 5) is 26.0. The van der Waals surface area contributed by atoms with Gasteiger partial charge in [0.05, 0.1) is 0 Å². The minimum absolute atomic E-state index is 0.0177. The molecule has 3 rings (SSSR count). The van der Waals surface area contributed by atoms with E-state index >= 15 is 0 Å². The van der Waals surface area contributed by atoms with Crippen molar-refractivity contribution in [3.8, 4) is 0 Å². The van der Waals surface area contributed by atoms with Crippen molar-refractivity contribution in [3.63, 3.8) is 0 Å². The number of hydrogen-bond donors (Lipinski definition) is 2. The highest BCUT2D eigenvalue weighted by atomic mass is 32.2. The van der Waals surface area contributed by atoms with Crippen LogP contribution < -0.4 is 14.9 Å².